The molecule has 4 aromatic heterocycles. The minimum Gasteiger partial charge on any atom is -0.305 e. The predicted octanol–water partition coefficient (Wildman–Crippen LogP) is 10.6. The molecule has 7 aromatic rings. The second kappa shape index (κ2) is 14.5. The number of thiophene rings is 1. The minimum atomic E-state index is -2.27. The van der Waals surface area contributed by atoms with Gasteiger partial charge in [-0.15, -0.1) is 59.7 Å². The van der Waals surface area contributed by atoms with E-state index in [2.05, 4.69) is 52.8 Å². The van der Waals surface area contributed by atoms with Crippen LogP contribution >= 0.6 is 11.3 Å². The van der Waals surface area contributed by atoms with Crippen LogP contribution in [-0.2, 0) is 20.1 Å². The van der Waals surface area contributed by atoms with Gasteiger partial charge in [0.1, 0.15) is 10.6 Å². The summed E-state index contributed by atoms with van der Waals surface area (Å²) < 4.78 is 46.9. The van der Waals surface area contributed by atoms with Gasteiger partial charge in [-0.25, -0.2) is 9.37 Å². The average Bonchev–Trinajstić information content (AvgIpc) is 3.46. The second-order valence-electron chi connectivity index (χ2n) is 12.3. The maximum absolute atomic E-state index is 14.9. The number of aromatic nitrogens is 3. The number of halogens is 1. The van der Waals surface area contributed by atoms with E-state index in [0.717, 1.165) is 37.9 Å². The van der Waals surface area contributed by atoms with Crippen molar-refractivity contribution in [3.05, 3.63) is 133 Å². The first-order valence-electron chi connectivity index (χ1n) is 17.0. The van der Waals surface area contributed by atoms with Crippen LogP contribution in [-0.4, -0.2) is 23.0 Å². The molecule has 0 amide bonds. The fourth-order valence-electron chi connectivity index (χ4n) is 5.38. The van der Waals surface area contributed by atoms with Crippen molar-refractivity contribution in [3.8, 4) is 33.6 Å². The Morgan fingerprint density at radius 2 is 1.62 bits per heavy atom. The Morgan fingerprint density at radius 1 is 0.851 bits per heavy atom. The molecule has 4 heterocycles. The van der Waals surface area contributed by atoms with Gasteiger partial charge in [0.05, 0.1) is 8.07 Å². The molecule has 0 spiro atoms. The number of fused-ring (bicyclic) bond motifs is 3. The quantitative estimate of drug-likeness (QED) is 0.128. The molecule has 0 fully saturated rings. The van der Waals surface area contributed by atoms with E-state index in [1.165, 1.54) is 34.9 Å². The maximum atomic E-state index is 14.9. The third-order valence-electron chi connectivity index (χ3n) is 7.73. The third-order valence-corrected chi connectivity index (χ3v) is 10.9. The summed E-state index contributed by atoms with van der Waals surface area (Å²) in [6, 6.07) is 34.0. The van der Waals surface area contributed by atoms with Crippen molar-refractivity contribution in [1.82, 2.24) is 15.0 Å². The molecular formula is C40H36FIrN3SSi-2. The molecule has 7 heteroatoms. The van der Waals surface area contributed by atoms with Gasteiger partial charge < -0.3 is 9.97 Å². The van der Waals surface area contributed by atoms with Crippen molar-refractivity contribution in [2.75, 3.05) is 0 Å². The molecule has 0 aliphatic heterocycles. The first kappa shape index (κ1) is 29.3. The molecule has 7 rings (SSSR count). The van der Waals surface area contributed by atoms with E-state index in [9.17, 15) is 4.39 Å². The Kier molecular flexibility index (Phi) is 9.03. The van der Waals surface area contributed by atoms with Gasteiger partial charge in [-0.05, 0) is 57.1 Å². The summed E-state index contributed by atoms with van der Waals surface area (Å²) in [7, 11) is -1.50. The topological polar surface area (TPSA) is 38.7 Å². The standard InChI is InChI=1S/C23H14FN2S.C17H22NSi.Ir/c1-14-10-11-17-16-8-5-9-18(22(16)27-23(17)26-14)21-12-20(24)19(13-25-21)15-6-3-2-4-7-15;1-13(2)15-11-16(14-9-7-6-8-10-14)18-12-17(15)19(3,4)5;/h2-8,10-13H,1H3;6-9,11-13H,1-5H3;/q2*-1;/i1D3;13D;. The number of hydrogen-bond acceptors (Lipinski definition) is 4. The number of nitrogens with zero attached hydrogens (tertiary/aromatic N) is 3. The van der Waals surface area contributed by atoms with Crippen molar-refractivity contribution in [3.63, 3.8) is 0 Å². The van der Waals surface area contributed by atoms with Gasteiger partial charge in [-0.1, -0.05) is 86.9 Å². The molecule has 0 N–H and O–H groups in total. The smallest absolute Gasteiger partial charge is 0.125 e. The van der Waals surface area contributed by atoms with Crippen LogP contribution in [0.25, 0.3) is 53.9 Å². The van der Waals surface area contributed by atoms with Gasteiger partial charge in [-0.2, -0.15) is 11.3 Å². The van der Waals surface area contributed by atoms with Crippen molar-refractivity contribution in [2.24, 2.45) is 0 Å². The Labute approximate surface area is 301 Å². The van der Waals surface area contributed by atoms with Crippen LogP contribution < -0.4 is 5.19 Å². The molecule has 0 atom stereocenters. The van der Waals surface area contributed by atoms with E-state index in [1.807, 2.05) is 80.7 Å². The fraction of sp³-hybridized carbons (Fsp3) is 0.175. The molecule has 3 nitrogen and oxygen atoms in total. The molecule has 0 unspecified atom stereocenters. The van der Waals surface area contributed by atoms with E-state index in [1.54, 1.807) is 12.1 Å². The zero-order valence-corrected chi connectivity index (χ0v) is 31.0. The fourth-order valence-corrected chi connectivity index (χ4v) is 8.14. The Balaban J connectivity index is 0.000000211. The number of pyridine rings is 3. The van der Waals surface area contributed by atoms with E-state index >= 15 is 0 Å². The SMILES string of the molecule is [2H]C(C)(C)c1cc(-c2[c-]cccc2)ncc1[Si](C)(C)C.[2H]C([2H])([2H])c1ccc2c(n1)sc1c(-c3cc(F)c(-c4ccccc4)cn3)[c-]ccc12.[Ir]. The first-order chi connectivity index (χ1) is 23.6. The normalized spacial score (nSPS) is 13.1. The summed E-state index contributed by atoms with van der Waals surface area (Å²) in [5, 5.41) is 3.06. The molecule has 0 saturated carbocycles. The average molecular weight is 834 g/mol. The van der Waals surface area contributed by atoms with Crippen molar-refractivity contribution in [1.29, 1.82) is 0 Å². The van der Waals surface area contributed by atoms with Crippen molar-refractivity contribution in [2.45, 2.75) is 46.2 Å². The van der Waals surface area contributed by atoms with Crippen molar-refractivity contribution < 1.29 is 30.0 Å². The van der Waals surface area contributed by atoms with Crippen LogP contribution in [0.5, 0.6) is 0 Å². The monoisotopic (exact) mass is 834 g/mol. The predicted molar refractivity (Wildman–Crippen MR) is 195 cm³/mol. The van der Waals surface area contributed by atoms with Crippen molar-refractivity contribution >= 4 is 44.9 Å². The Bertz CT molecular complexity index is 2300. The Hall–Kier alpha value is -3.87. The molecule has 3 aromatic carbocycles. The second-order valence-corrected chi connectivity index (χ2v) is 18.3. The number of hydrogen-bond donors (Lipinski definition) is 0. The van der Waals surface area contributed by atoms with E-state index in [-0.39, 0.29) is 31.6 Å². The van der Waals surface area contributed by atoms with Gasteiger partial charge in [0.2, 0.25) is 0 Å². The summed E-state index contributed by atoms with van der Waals surface area (Å²) >= 11 is 1.37. The van der Waals surface area contributed by atoms with Gasteiger partial charge in [-0.3, -0.25) is 0 Å². The van der Waals surface area contributed by atoms with Gasteiger partial charge in [0.15, 0.2) is 0 Å². The Morgan fingerprint density at radius 3 is 2.30 bits per heavy atom. The largest absolute Gasteiger partial charge is 0.305 e. The summed E-state index contributed by atoms with van der Waals surface area (Å²) in [5.74, 6) is -0.970. The van der Waals surface area contributed by atoms with Crippen LogP contribution in [0.15, 0.2) is 103 Å². The summed E-state index contributed by atoms with van der Waals surface area (Å²) in [4.78, 5) is 14.1. The maximum Gasteiger partial charge on any atom is 0.125 e. The first-order valence-corrected chi connectivity index (χ1v) is 19.4. The number of rotatable bonds is 5. The minimum absolute atomic E-state index is 0. The molecule has 0 aliphatic rings. The zero-order valence-electron chi connectivity index (χ0n) is 30.8. The third kappa shape index (κ3) is 7.50. The summed E-state index contributed by atoms with van der Waals surface area (Å²) in [6.45, 7) is 8.53. The molecule has 239 valence electrons. The molecule has 0 saturated heterocycles. The molecule has 0 aliphatic carbocycles. The van der Waals surface area contributed by atoms with Crippen LogP contribution in [0.4, 0.5) is 4.39 Å². The van der Waals surface area contributed by atoms with E-state index < -0.39 is 20.8 Å². The van der Waals surface area contributed by atoms with E-state index in [4.69, 9.17) is 5.48 Å². The zero-order chi connectivity index (χ0) is 35.8. The van der Waals surface area contributed by atoms with Gasteiger partial charge >= 0.3 is 0 Å². The summed E-state index contributed by atoms with van der Waals surface area (Å²) in [6.07, 6.45) is 3.51. The van der Waals surface area contributed by atoms with Crippen LogP contribution in [0.2, 0.25) is 19.6 Å². The molecule has 0 bridgehead atoms. The van der Waals surface area contributed by atoms with Crippen LogP contribution in [0, 0.1) is 24.8 Å². The molecule has 47 heavy (non-hydrogen) atoms. The van der Waals surface area contributed by atoms with Crippen LogP contribution in [0.3, 0.4) is 0 Å². The number of aryl methyl sites for hydroxylation is 1. The van der Waals surface area contributed by atoms with E-state index in [0.29, 0.717) is 21.7 Å². The number of benzene rings is 3. The molecule has 1 radical (unpaired) electrons. The van der Waals surface area contributed by atoms with Gasteiger partial charge in [0.25, 0.3) is 0 Å². The van der Waals surface area contributed by atoms with Crippen LogP contribution in [0.1, 0.15) is 36.5 Å². The summed E-state index contributed by atoms with van der Waals surface area (Å²) in [5.41, 5.74) is 5.39. The molecular weight excluding hydrogens is 794 g/mol. The van der Waals surface area contributed by atoms with Gasteiger partial charge in [0, 0.05) is 49.2 Å².